The second-order valence-corrected chi connectivity index (χ2v) is 12.0. The van der Waals surface area contributed by atoms with Crippen molar-refractivity contribution in [2.24, 2.45) is 0 Å². The third-order valence-electron chi connectivity index (χ3n) is 6.76. The zero-order valence-corrected chi connectivity index (χ0v) is 20.1. The average Bonchev–Trinajstić information content (AvgIpc) is 3.25. The number of rotatable bonds is 5. The van der Waals surface area contributed by atoms with Crippen LogP contribution in [0.25, 0.3) is 27.5 Å². The number of aromatic nitrogens is 1. The van der Waals surface area contributed by atoms with E-state index in [1.54, 1.807) is 0 Å². The van der Waals surface area contributed by atoms with Crippen LogP contribution in [0.1, 0.15) is 0 Å². The standard InChI is InChI=1S/C31H25NOSi/c1-33-34(25-15-7-3-8-16-25,26-17-9-4-10-18-26)27-21-22-31-29(23-27)28-19-11-12-20-30(28)32(31)24-13-5-2-6-14-24/h2-23H,1H3. The minimum atomic E-state index is -2.68. The topological polar surface area (TPSA) is 14.2 Å². The number of hydrogen-bond donors (Lipinski definition) is 0. The second-order valence-electron chi connectivity index (χ2n) is 8.54. The predicted octanol–water partition coefficient (Wildman–Crippen LogP) is 5.40. The van der Waals surface area contributed by atoms with Crippen molar-refractivity contribution in [2.75, 3.05) is 7.11 Å². The summed E-state index contributed by atoms with van der Waals surface area (Å²) in [5, 5.41) is 6.24. The largest absolute Gasteiger partial charge is 0.408 e. The molecule has 164 valence electrons. The monoisotopic (exact) mass is 455 g/mol. The first-order valence-corrected chi connectivity index (χ1v) is 13.5. The molecule has 0 aliphatic carbocycles. The highest BCUT2D eigenvalue weighted by molar-refractivity contribution is 7.07. The summed E-state index contributed by atoms with van der Waals surface area (Å²) in [4.78, 5) is 0. The van der Waals surface area contributed by atoms with Crippen molar-refractivity contribution in [3.05, 3.63) is 133 Å². The Morgan fingerprint density at radius 3 is 1.65 bits per heavy atom. The van der Waals surface area contributed by atoms with Crippen molar-refractivity contribution in [1.82, 2.24) is 4.57 Å². The van der Waals surface area contributed by atoms with Crippen LogP contribution in [0.2, 0.25) is 0 Å². The minimum absolute atomic E-state index is 1.17. The fraction of sp³-hybridized carbons (Fsp3) is 0.0323. The molecule has 0 saturated heterocycles. The van der Waals surface area contributed by atoms with Gasteiger partial charge in [0, 0.05) is 23.6 Å². The first-order valence-electron chi connectivity index (χ1n) is 11.6. The Kier molecular flexibility index (Phi) is 5.14. The molecule has 0 saturated carbocycles. The van der Waals surface area contributed by atoms with Gasteiger partial charge in [-0.1, -0.05) is 103 Å². The van der Waals surface area contributed by atoms with Gasteiger partial charge in [-0.2, -0.15) is 0 Å². The van der Waals surface area contributed by atoms with Crippen LogP contribution >= 0.6 is 0 Å². The highest BCUT2D eigenvalue weighted by atomic mass is 28.4. The summed E-state index contributed by atoms with van der Waals surface area (Å²) >= 11 is 0. The van der Waals surface area contributed by atoms with E-state index in [1.807, 2.05) is 7.11 Å². The van der Waals surface area contributed by atoms with Crippen LogP contribution in [0.5, 0.6) is 0 Å². The lowest BCUT2D eigenvalue weighted by molar-refractivity contribution is 0.426. The third kappa shape index (κ3) is 3.13. The first-order chi connectivity index (χ1) is 16.8. The third-order valence-corrected chi connectivity index (χ3v) is 10.8. The highest BCUT2D eigenvalue weighted by Crippen LogP contribution is 2.31. The van der Waals surface area contributed by atoms with Gasteiger partial charge in [-0.05, 0) is 45.9 Å². The molecule has 5 aromatic carbocycles. The molecule has 3 heteroatoms. The lowest BCUT2D eigenvalue weighted by atomic mass is 10.1. The maximum atomic E-state index is 6.58. The van der Waals surface area contributed by atoms with Crippen LogP contribution in [-0.2, 0) is 4.43 Å². The van der Waals surface area contributed by atoms with Crippen molar-refractivity contribution in [3.8, 4) is 5.69 Å². The molecule has 0 aliphatic heterocycles. The molecule has 2 nitrogen and oxygen atoms in total. The van der Waals surface area contributed by atoms with Crippen LogP contribution in [-0.4, -0.2) is 20.0 Å². The highest BCUT2D eigenvalue weighted by Gasteiger charge is 2.41. The Hall–Kier alpha value is -3.92. The van der Waals surface area contributed by atoms with E-state index < -0.39 is 8.32 Å². The van der Waals surface area contributed by atoms with Gasteiger partial charge in [-0.25, -0.2) is 0 Å². The molecule has 6 aromatic rings. The SMILES string of the molecule is CO[Si](c1ccccc1)(c1ccccc1)c1ccc2c(c1)c1ccccc1n2-c1ccccc1. The fourth-order valence-corrected chi connectivity index (χ4v) is 8.94. The summed E-state index contributed by atoms with van der Waals surface area (Å²) in [6, 6.07) is 47.6. The van der Waals surface area contributed by atoms with E-state index in [-0.39, 0.29) is 0 Å². The molecule has 0 N–H and O–H groups in total. The van der Waals surface area contributed by atoms with Gasteiger partial charge < -0.3 is 8.99 Å². The smallest absolute Gasteiger partial charge is 0.288 e. The molecule has 0 radical (unpaired) electrons. The van der Waals surface area contributed by atoms with Gasteiger partial charge in [-0.15, -0.1) is 0 Å². The number of hydrogen-bond acceptors (Lipinski definition) is 1. The van der Waals surface area contributed by atoms with E-state index in [2.05, 4.69) is 138 Å². The molecule has 34 heavy (non-hydrogen) atoms. The predicted molar refractivity (Wildman–Crippen MR) is 145 cm³/mol. The van der Waals surface area contributed by atoms with Crippen LogP contribution in [0.3, 0.4) is 0 Å². The van der Waals surface area contributed by atoms with Gasteiger partial charge in [0.2, 0.25) is 0 Å². The Balaban J connectivity index is 1.68. The van der Waals surface area contributed by atoms with E-state index in [4.69, 9.17) is 4.43 Å². The molecule has 1 aromatic heterocycles. The first kappa shape index (κ1) is 20.7. The van der Waals surface area contributed by atoms with Crippen LogP contribution < -0.4 is 15.6 Å². The van der Waals surface area contributed by atoms with Crippen molar-refractivity contribution in [3.63, 3.8) is 0 Å². The molecule has 1 heterocycles. The Morgan fingerprint density at radius 1 is 0.500 bits per heavy atom. The van der Waals surface area contributed by atoms with Gasteiger partial charge in [0.1, 0.15) is 0 Å². The summed E-state index contributed by atoms with van der Waals surface area (Å²) < 4.78 is 8.94. The summed E-state index contributed by atoms with van der Waals surface area (Å²) in [6.45, 7) is 0. The number of nitrogens with zero attached hydrogens (tertiary/aromatic N) is 1. The maximum absolute atomic E-state index is 6.58. The number of benzene rings is 5. The molecule has 0 atom stereocenters. The van der Waals surface area contributed by atoms with Crippen LogP contribution in [0, 0.1) is 0 Å². The zero-order valence-electron chi connectivity index (χ0n) is 19.1. The van der Waals surface area contributed by atoms with Gasteiger partial charge in [-0.3, -0.25) is 0 Å². The second kappa shape index (κ2) is 8.45. The average molecular weight is 456 g/mol. The van der Waals surface area contributed by atoms with Crippen LogP contribution in [0.4, 0.5) is 0 Å². The zero-order chi connectivity index (χ0) is 23.0. The molecule has 0 amide bonds. The fourth-order valence-electron chi connectivity index (χ4n) is 5.25. The van der Waals surface area contributed by atoms with E-state index in [9.17, 15) is 0 Å². The number of fused-ring (bicyclic) bond motifs is 3. The molecule has 0 bridgehead atoms. The van der Waals surface area contributed by atoms with E-state index >= 15 is 0 Å². The van der Waals surface area contributed by atoms with E-state index in [0.717, 1.165) is 0 Å². The molecule has 0 aliphatic rings. The normalized spacial score (nSPS) is 11.8. The molecule has 6 rings (SSSR count). The molecular formula is C31H25NOSi. The Bertz CT molecular complexity index is 1530. The lowest BCUT2D eigenvalue weighted by Crippen LogP contribution is -2.68. The summed E-state index contributed by atoms with van der Waals surface area (Å²) in [6.07, 6.45) is 0. The van der Waals surface area contributed by atoms with Gasteiger partial charge in [0.15, 0.2) is 0 Å². The van der Waals surface area contributed by atoms with Gasteiger partial charge in [0.05, 0.1) is 11.0 Å². The quantitative estimate of drug-likeness (QED) is 0.251. The van der Waals surface area contributed by atoms with Gasteiger partial charge >= 0.3 is 0 Å². The maximum Gasteiger partial charge on any atom is 0.288 e. The summed E-state index contributed by atoms with van der Waals surface area (Å²) in [5.74, 6) is 0. The van der Waals surface area contributed by atoms with E-state index in [1.165, 1.54) is 43.1 Å². The van der Waals surface area contributed by atoms with Crippen LogP contribution in [0.15, 0.2) is 133 Å². The van der Waals surface area contributed by atoms with E-state index in [0.29, 0.717) is 0 Å². The number of para-hydroxylation sites is 2. The molecular weight excluding hydrogens is 430 g/mol. The molecule has 0 unspecified atom stereocenters. The summed E-state index contributed by atoms with van der Waals surface area (Å²) in [7, 11) is -0.817. The lowest BCUT2D eigenvalue weighted by Gasteiger charge is -2.31. The molecule has 0 fully saturated rings. The van der Waals surface area contributed by atoms with Crippen molar-refractivity contribution in [2.45, 2.75) is 0 Å². The Morgan fingerprint density at radius 2 is 1.03 bits per heavy atom. The van der Waals surface area contributed by atoms with Crippen molar-refractivity contribution < 1.29 is 4.43 Å². The summed E-state index contributed by atoms with van der Waals surface area (Å²) in [5.41, 5.74) is 3.59. The Labute approximate surface area is 200 Å². The van der Waals surface area contributed by atoms with Crippen molar-refractivity contribution in [1.29, 1.82) is 0 Å². The van der Waals surface area contributed by atoms with Crippen molar-refractivity contribution >= 4 is 45.7 Å². The molecule has 0 spiro atoms. The minimum Gasteiger partial charge on any atom is -0.408 e. The van der Waals surface area contributed by atoms with Gasteiger partial charge in [0.25, 0.3) is 8.32 Å².